The van der Waals surface area contributed by atoms with E-state index in [1.165, 1.54) is 43.6 Å². The lowest BCUT2D eigenvalue weighted by molar-refractivity contribution is -0.00541. The van der Waals surface area contributed by atoms with Crippen molar-refractivity contribution in [1.29, 1.82) is 0 Å². The van der Waals surface area contributed by atoms with Crippen molar-refractivity contribution >= 4 is 0 Å². The largest absolute Gasteiger partial charge is 0.346 e. The summed E-state index contributed by atoms with van der Waals surface area (Å²) in [6.07, 6.45) is 10.3. The van der Waals surface area contributed by atoms with E-state index in [1.54, 1.807) is 0 Å². The quantitative estimate of drug-likeness (QED) is 0.859. The molecule has 1 aromatic rings. The van der Waals surface area contributed by atoms with Gasteiger partial charge in [0.25, 0.3) is 0 Å². The highest BCUT2D eigenvalue weighted by Crippen LogP contribution is 2.59. The van der Waals surface area contributed by atoms with Gasteiger partial charge in [0.1, 0.15) is 5.82 Å². The van der Waals surface area contributed by atoms with Crippen LogP contribution in [-0.4, -0.2) is 16.5 Å². The molecule has 0 aliphatic heterocycles. The summed E-state index contributed by atoms with van der Waals surface area (Å²) < 4.78 is 0. The zero-order valence-corrected chi connectivity index (χ0v) is 10.9. The molecule has 98 valence electrons. The third-order valence-electron chi connectivity index (χ3n) is 5.60. The van der Waals surface area contributed by atoms with Gasteiger partial charge < -0.3 is 10.7 Å². The number of nitrogens with one attached hydrogen (secondary N) is 1. The average Bonchev–Trinajstić information content (AvgIpc) is 2.76. The molecular weight excluding hydrogens is 222 g/mol. The third-order valence-corrected chi connectivity index (χ3v) is 5.60. The summed E-state index contributed by atoms with van der Waals surface area (Å²) >= 11 is 0. The van der Waals surface area contributed by atoms with Gasteiger partial charge in [-0.2, -0.15) is 0 Å². The van der Waals surface area contributed by atoms with Gasteiger partial charge in [0.2, 0.25) is 0 Å². The van der Waals surface area contributed by atoms with Gasteiger partial charge in [-0.15, -0.1) is 0 Å². The molecule has 4 saturated carbocycles. The van der Waals surface area contributed by atoms with Crippen molar-refractivity contribution in [2.75, 3.05) is 6.54 Å². The van der Waals surface area contributed by atoms with E-state index in [1.807, 2.05) is 6.20 Å². The molecule has 4 aliphatic rings. The number of aromatic amines is 1. The first-order valence-corrected chi connectivity index (χ1v) is 7.57. The van der Waals surface area contributed by atoms with Gasteiger partial charge in [-0.1, -0.05) is 0 Å². The summed E-state index contributed by atoms with van der Waals surface area (Å²) in [5.74, 6) is 5.91. The molecule has 3 N–H and O–H groups in total. The van der Waals surface area contributed by atoms with Gasteiger partial charge in [0.15, 0.2) is 0 Å². The minimum atomic E-state index is 0.712. The molecule has 5 rings (SSSR count). The van der Waals surface area contributed by atoms with E-state index < -0.39 is 0 Å². The molecule has 1 heterocycles. The van der Waals surface area contributed by atoms with Crippen molar-refractivity contribution < 1.29 is 0 Å². The standard InChI is InChI=1S/C15H23N3/c16-2-1-13-8-17-15(18-13)14-11-4-9-3-10(6-11)7-12(14)5-9/h8-12,14H,1-7,16H2,(H,17,18). The Balaban J connectivity index is 1.60. The summed E-state index contributed by atoms with van der Waals surface area (Å²) in [4.78, 5) is 8.22. The number of H-pyrrole nitrogens is 1. The number of nitrogens with zero attached hydrogens (tertiary/aromatic N) is 1. The van der Waals surface area contributed by atoms with Crippen LogP contribution in [0.5, 0.6) is 0 Å². The highest BCUT2D eigenvalue weighted by Gasteiger charge is 2.49. The van der Waals surface area contributed by atoms with E-state index in [0.717, 1.165) is 36.0 Å². The molecule has 3 nitrogen and oxygen atoms in total. The average molecular weight is 245 g/mol. The molecule has 0 radical (unpaired) electrons. The van der Waals surface area contributed by atoms with Crippen molar-refractivity contribution in [2.24, 2.45) is 29.4 Å². The van der Waals surface area contributed by atoms with Gasteiger partial charge in [0.05, 0.1) is 0 Å². The Labute approximate surface area is 109 Å². The molecular formula is C15H23N3. The lowest BCUT2D eigenvalue weighted by Gasteiger charge is -2.53. The number of hydrogen-bond donors (Lipinski definition) is 2. The normalized spacial score (nSPS) is 41.5. The molecule has 1 aromatic heterocycles. The van der Waals surface area contributed by atoms with E-state index in [4.69, 9.17) is 5.73 Å². The number of nitrogens with two attached hydrogens (primary N) is 1. The van der Waals surface area contributed by atoms with Crippen LogP contribution in [0.2, 0.25) is 0 Å². The zero-order chi connectivity index (χ0) is 12.1. The molecule has 0 spiro atoms. The molecule has 0 aromatic carbocycles. The fourth-order valence-electron chi connectivity index (χ4n) is 5.20. The predicted octanol–water partition coefficient (Wildman–Crippen LogP) is 2.45. The molecule has 0 unspecified atom stereocenters. The van der Waals surface area contributed by atoms with Crippen LogP contribution in [-0.2, 0) is 6.42 Å². The van der Waals surface area contributed by atoms with Crippen LogP contribution in [0.4, 0.5) is 0 Å². The third kappa shape index (κ3) is 1.63. The van der Waals surface area contributed by atoms with Gasteiger partial charge >= 0.3 is 0 Å². The van der Waals surface area contributed by atoms with E-state index in [-0.39, 0.29) is 0 Å². The summed E-state index contributed by atoms with van der Waals surface area (Å²) in [7, 11) is 0. The summed E-state index contributed by atoms with van der Waals surface area (Å²) in [5, 5.41) is 0. The first kappa shape index (κ1) is 11.0. The fourth-order valence-corrected chi connectivity index (χ4v) is 5.20. The highest BCUT2D eigenvalue weighted by molar-refractivity contribution is 5.14. The van der Waals surface area contributed by atoms with Crippen LogP contribution < -0.4 is 5.73 Å². The van der Waals surface area contributed by atoms with Crippen LogP contribution in [0.25, 0.3) is 0 Å². The number of imidazole rings is 1. The number of hydrogen-bond acceptors (Lipinski definition) is 2. The maximum absolute atomic E-state index is 5.62. The second kappa shape index (κ2) is 4.09. The molecule has 4 bridgehead atoms. The Hall–Kier alpha value is -0.830. The highest BCUT2D eigenvalue weighted by atomic mass is 14.9. The number of rotatable bonds is 3. The summed E-state index contributed by atoms with van der Waals surface area (Å²) in [5.41, 5.74) is 6.84. The van der Waals surface area contributed by atoms with Gasteiger partial charge in [-0.05, 0) is 62.3 Å². The summed E-state index contributed by atoms with van der Waals surface area (Å²) in [6.45, 7) is 0.712. The Morgan fingerprint density at radius 3 is 2.39 bits per heavy atom. The predicted molar refractivity (Wildman–Crippen MR) is 71.1 cm³/mol. The maximum Gasteiger partial charge on any atom is 0.109 e. The lowest BCUT2D eigenvalue weighted by atomic mass is 9.52. The van der Waals surface area contributed by atoms with Crippen LogP contribution in [0.1, 0.15) is 49.5 Å². The van der Waals surface area contributed by atoms with Crippen molar-refractivity contribution in [3.05, 3.63) is 17.7 Å². The molecule has 0 amide bonds. The van der Waals surface area contributed by atoms with E-state index in [0.29, 0.717) is 6.54 Å². The van der Waals surface area contributed by atoms with Crippen LogP contribution in [0, 0.1) is 23.7 Å². The van der Waals surface area contributed by atoms with Gasteiger partial charge in [-0.3, -0.25) is 0 Å². The van der Waals surface area contributed by atoms with Gasteiger partial charge in [0, 0.05) is 24.2 Å². The Morgan fingerprint density at radius 1 is 1.11 bits per heavy atom. The molecule has 4 aliphatic carbocycles. The van der Waals surface area contributed by atoms with Gasteiger partial charge in [-0.25, -0.2) is 4.98 Å². The van der Waals surface area contributed by atoms with Crippen LogP contribution in [0.3, 0.4) is 0 Å². The second-order valence-corrected chi connectivity index (χ2v) is 6.79. The first-order valence-electron chi connectivity index (χ1n) is 7.57. The van der Waals surface area contributed by atoms with Crippen molar-refractivity contribution in [3.63, 3.8) is 0 Å². The Bertz CT molecular complexity index is 409. The van der Waals surface area contributed by atoms with Crippen molar-refractivity contribution in [1.82, 2.24) is 9.97 Å². The molecule has 0 saturated heterocycles. The molecule has 18 heavy (non-hydrogen) atoms. The van der Waals surface area contributed by atoms with E-state index in [2.05, 4.69) is 9.97 Å². The minimum absolute atomic E-state index is 0.712. The lowest BCUT2D eigenvalue weighted by Crippen LogP contribution is -2.44. The Morgan fingerprint density at radius 2 is 1.78 bits per heavy atom. The van der Waals surface area contributed by atoms with Crippen LogP contribution >= 0.6 is 0 Å². The number of aromatic nitrogens is 2. The second-order valence-electron chi connectivity index (χ2n) is 6.79. The first-order chi connectivity index (χ1) is 8.83. The topological polar surface area (TPSA) is 54.7 Å². The van der Waals surface area contributed by atoms with Crippen molar-refractivity contribution in [2.45, 2.75) is 44.4 Å². The van der Waals surface area contributed by atoms with E-state index >= 15 is 0 Å². The summed E-state index contributed by atoms with van der Waals surface area (Å²) in [6, 6.07) is 0. The smallest absolute Gasteiger partial charge is 0.109 e. The molecule has 0 atom stereocenters. The van der Waals surface area contributed by atoms with Crippen molar-refractivity contribution in [3.8, 4) is 0 Å². The zero-order valence-electron chi connectivity index (χ0n) is 10.9. The monoisotopic (exact) mass is 245 g/mol. The minimum Gasteiger partial charge on any atom is -0.346 e. The maximum atomic E-state index is 5.62. The fraction of sp³-hybridized carbons (Fsp3) is 0.800. The Kier molecular flexibility index (Phi) is 2.51. The van der Waals surface area contributed by atoms with E-state index in [9.17, 15) is 0 Å². The SMILES string of the molecule is NCCc1cnc(C2C3CC4CC(C3)CC2C4)[nH]1. The molecule has 4 fully saturated rings. The molecule has 3 heteroatoms. The van der Waals surface area contributed by atoms with Crippen LogP contribution in [0.15, 0.2) is 6.20 Å².